The SMILES string of the molecule is CCCN(CC(=O)OCC)S(=O)(=O)NC1CC1. The first-order valence-electron chi connectivity index (χ1n) is 5.92. The van der Waals surface area contributed by atoms with E-state index in [0.717, 1.165) is 17.1 Å². The first-order valence-corrected chi connectivity index (χ1v) is 7.36. The predicted molar refractivity (Wildman–Crippen MR) is 63.6 cm³/mol. The molecule has 1 fully saturated rings. The number of nitrogens with zero attached hydrogens (tertiary/aromatic N) is 1. The molecular weight excluding hydrogens is 244 g/mol. The molecule has 1 rings (SSSR count). The Kier molecular flexibility index (Phi) is 5.35. The third-order valence-corrected chi connectivity index (χ3v) is 3.94. The number of nitrogens with one attached hydrogen (secondary N) is 1. The van der Waals surface area contributed by atoms with Crippen molar-refractivity contribution in [2.45, 2.75) is 39.2 Å². The third kappa shape index (κ3) is 5.01. The first-order chi connectivity index (χ1) is 7.99. The third-order valence-electron chi connectivity index (χ3n) is 2.32. The van der Waals surface area contributed by atoms with Crippen LogP contribution in [0.4, 0.5) is 0 Å². The van der Waals surface area contributed by atoms with Gasteiger partial charge in [0.15, 0.2) is 0 Å². The van der Waals surface area contributed by atoms with Gasteiger partial charge in [0.2, 0.25) is 0 Å². The van der Waals surface area contributed by atoms with E-state index in [1.165, 1.54) is 0 Å². The lowest BCUT2D eigenvalue weighted by molar-refractivity contribution is -0.143. The summed E-state index contributed by atoms with van der Waals surface area (Å²) in [5, 5.41) is 0. The Morgan fingerprint density at radius 2 is 2.06 bits per heavy atom. The summed E-state index contributed by atoms with van der Waals surface area (Å²) in [4.78, 5) is 11.3. The molecule has 1 N–H and O–H groups in total. The molecule has 0 bridgehead atoms. The summed E-state index contributed by atoms with van der Waals surface area (Å²) in [6.07, 6.45) is 2.40. The van der Waals surface area contributed by atoms with Crippen molar-refractivity contribution in [3.63, 3.8) is 0 Å². The minimum atomic E-state index is -3.55. The number of carbonyl (C=O) groups excluding carboxylic acids is 1. The Morgan fingerprint density at radius 1 is 1.41 bits per heavy atom. The van der Waals surface area contributed by atoms with Crippen molar-refractivity contribution in [1.82, 2.24) is 9.03 Å². The van der Waals surface area contributed by atoms with Gasteiger partial charge >= 0.3 is 5.97 Å². The molecule has 0 atom stereocenters. The zero-order valence-corrected chi connectivity index (χ0v) is 11.1. The van der Waals surface area contributed by atoms with Gasteiger partial charge in [-0.3, -0.25) is 4.79 Å². The monoisotopic (exact) mass is 264 g/mol. The second-order valence-electron chi connectivity index (χ2n) is 4.04. The van der Waals surface area contributed by atoms with Gasteiger partial charge < -0.3 is 4.74 Å². The van der Waals surface area contributed by atoms with Crippen LogP contribution in [0.15, 0.2) is 0 Å². The van der Waals surface area contributed by atoms with E-state index in [0.29, 0.717) is 13.0 Å². The lowest BCUT2D eigenvalue weighted by atomic mass is 10.5. The molecule has 0 aliphatic heterocycles. The molecular formula is C10H20N2O4S. The second kappa shape index (κ2) is 6.32. The van der Waals surface area contributed by atoms with E-state index in [1.807, 2.05) is 6.92 Å². The van der Waals surface area contributed by atoms with E-state index in [1.54, 1.807) is 6.92 Å². The summed E-state index contributed by atoms with van der Waals surface area (Å²) in [6, 6.07) is 0.0431. The van der Waals surface area contributed by atoms with Gasteiger partial charge in [-0.25, -0.2) is 0 Å². The van der Waals surface area contributed by atoms with Crippen LogP contribution in [0.25, 0.3) is 0 Å². The first kappa shape index (κ1) is 14.4. The number of rotatable bonds is 8. The highest BCUT2D eigenvalue weighted by Gasteiger charge is 2.31. The molecule has 1 aliphatic rings. The fourth-order valence-electron chi connectivity index (χ4n) is 1.37. The van der Waals surface area contributed by atoms with E-state index in [2.05, 4.69) is 4.72 Å². The van der Waals surface area contributed by atoms with Crippen LogP contribution in [0.5, 0.6) is 0 Å². The fourth-order valence-corrected chi connectivity index (χ4v) is 2.87. The maximum absolute atomic E-state index is 11.9. The van der Waals surface area contributed by atoms with Gasteiger partial charge in [-0.2, -0.15) is 17.4 Å². The van der Waals surface area contributed by atoms with E-state index >= 15 is 0 Å². The molecule has 0 aromatic heterocycles. The number of esters is 1. The van der Waals surface area contributed by atoms with Crippen LogP contribution in [-0.4, -0.2) is 44.4 Å². The van der Waals surface area contributed by atoms with Crippen molar-refractivity contribution < 1.29 is 17.9 Å². The highest BCUT2D eigenvalue weighted by Crippen LogP contribution is 2.20. The molecule has 0 aromatic carbocycles. The predicted octanol–water partition coefficient (Wildman–Crippen LogP) is 0.258. The van der Waals surface area contributed by atoms with Crippen molar-refractivity contribution in [3.8, 4) is 0 Å². The van der Waals surface area contributed by atoms with Gasteiger partial charge in [-0.1, -0.05) is 6.92 Å². The van der Waals surface area contributed by atoms with Gasteiger partial charge in [-0.15, -0.1) is 0 Å². The lowest BCUT2D eigenvalue weighted by Crippen LogP contribution is -2.44. The second-order valence-corrected chi connectivity index (χ2v) is 5.74. The Balaban J connectivity index is 2.59. The Hall–Kier alpha value is -0.660. The zero-order chi connectivity index (χ0) is 12.9. The summed E-state index contributed by atoms with van der Waals surface area (Å²) in [7, 11) is -3.55. The van der Waals surface area contributed by atoms with Gasteiger partial charge in [0.25, 0.3) is 10.2 Å². The van der Waals surface area contributed by atoms with Gasteiger partial charge in [0, 0.05) is 12.6 Å². The molecule has 6 nitrogen and oxygen atoms in total. The molecule has 0 spiro atoms. The largest absolute Gasteiger partial charge is 0.465 e. The molecule has 0 heterocycles. The summed E-state index contributed by atoms with van der Waals surface area (Å²) in [5.74, 6) is -0.512. The van der Waals surface area contributed by atoms with Crippen LogP contribution in [0, 0.1) is 0 Å². The van der Waals surface area contributed by atoms with Crippen LogP contribution in [0.2, 0.25) is 0 Å². The molecule has 100 valence electrons. The van der Waals surface area contributed by atoms with E-state index in [9.17, 15) is 13.2 Å². The van der Waals surface area contributed by atoms with Crippen LogP contribution in [0.3, 0.4) is 0 Å². The molecule has 0 saturated heterocycles. The normalized spacial score (nSPS) is 16.2. The van der Waals surface area contributed by atoms with Crippen molar-refractivity contribution in [2.75, 3.05) is 19.7 Å². The minimum Gasteiger partial charge on any atom is -0.465 e. The Bertz CT molecular complexity index is 351. The molecule has 0 aromatic rings. The van der Waals surface area contributed by atoms with Crippen molar-refractivity contribution in [2.24, 2.45) is 0 Å². The van der Waals surface area contributed by atoms with Crippen LogP contribution >= 0.6 is 0 Å². The van der Waals surface area contributed by atoms with Crippen LogP contribution < -0.4 is 4.72 Å². The minimum absolute atomic E-state index is 0.0431. The highest BCUT2D eigenvalue weighted by molar-refractivity contribution is 7.87. The van der Waals surface area contributed by atoms with E-state index < -0.39 is 16.2 Å². The van der Waals surface area contributed by atoms with Crippen LogP contribution in [0.1, 0.15) is 33.1 Å². The maximum Gasteiger partial charge on any atom is 0.321 e. The standard InChI is InChI=1S/C10H20N2O4S/c1-3-7-12(8-10(13)16-4-2)17(14,15)11-9-5-6-9/h9,11H,3-8H2,1-2H3. The molecule has 7 heteroatoms. The molecule has 1 saturated carbocycles. The maximum atomic E-state index is 11.9. The smallest absolute Gasteiger partial charge is 0.321 e. The quantitative estimate of drug-likeness (QED) is 0.638. The zero-order valence-electron chi connectivity index (χ0n) is 10.3. The van der Waals surface area contributed by atoms with Crippen molar-refractivity contribution in [1.29, 1.82) is 0 Å². The summed E-state index contributed by atoms with van der Waals surface area (Å²) >= 11 is 0. The average Bonchev–Trinajstić information content (AvgIpc) is 3.00. The van der Waals surface area contributed by atoms with Crippen molar-refractivity contribution in [3.05, 3.63) is 0 Å². The number of hydrogen-bond acceptors (Lipinski definition) is 4. The Labute approximate surface area is 102 Å². The molecule has 0 amide bonds. The molecule has 0 unspecified atom stereocenters. The topological polar surface area (TPSA) is 75.7 Å². The molecule has 0 radical (unpaired) electrons. The highest BCUT2D eigenvalue weighted by atomic mass is 32.2. The average molecular weight is 264 g/mol. The van der Waals surface area contributed by atoms with Crippen LogP contribution in [-0.2, 0) is 19.7 Å². The molecule has 17 heavy (non-hydrogen) atoms. The summed E-state index contributed by atoms with van der Waals surface area (Å²) < 4.78 is 32.3. The van der Waals surface area contributed by atoms with Gasteiger partial charge in [-0.05, 0) is 26.2 Å². The molecule has 1 aliphatic carbocycles. The Morgan fingerprint density at radius 3 is 2.53 bits per heavy atom. The summed E-state index contributed by atoms with van der Waals surface area (Å²) in [5.41, 5.74) is 0. The van der Waals surface area contributed by atoms with Gasteiger partial charge in [0.1, 0.15) is 6.54 Å². The van der Waals surface area contributed by atoms with Gasteiger partial charge in [0.05, 0.1) is 6.61 Å². The van der Waals surface area contributed by atoms with E-state index in [4.69, 9.17) is 4.74 Å². The lowest BCUT2D eigenvalue weighted by Gasteiger charge is -2.20. The number of hydrogen-bond donors (Lipinski definition) is 1. The fraction of sp³-hybridized carbons (Fsp3) is 0.900. The summed E-state index contributed by atoms with van der Waals surface area (Å²) in [6.45, 7) is 3.92. The van der Waals surface area contributed by atoms with Crippen molar-refractivity contribution >= 4 is 16.2 Å². The number of ether oxygens (including phenoxy) is 1. The number of carbonyl (C=O) groups is 1. The van der Waals surface area contributed by atoms with E-state index in [-0.39, 0.29) is 19.2 Å².